The lowest BCUT2D eigenvalue weighted by Crippen LogP contribution is -1.99. The Bertz CT molecular complexity index is 1000. The Hall–Kier alpha value is -2.29. The van der Waals surface area contributed by atoms with E-state index < -0.39 is 0 Å². The summed E-state index contributed by atoms with van der Waals surface area (Å²) in [5.74, 6) is 0.701. The van der Waals surface area contributed by atoms with Gasteiger partial charge in [-0.05, 0) is 52.7 Å². The Balaban J connectivity index is 1.84. The van der Waals surface area contributed by atoms with Crippen molar-refractivity contribution in [1.29, 1.82) is 0 Å². The highest BCUT2D eigenvalue weighted by Gasteiger charge is 2.14. The molecule has 134 valence electrons. The summed E-state index contributed by atoms with van der Waals surface area (Å²) >= 11 is 4.89. The molecule has 2 aromatic carbocycles. The van der Waals surface area contributed by atoms with Gasteiger partial charge in [0.25, 0.3) is 5.69 Å². The van der Waals surface area contributed by atoms with E-state index in [1.165, 1.54) is 11.3 Å². The van der Waals surface area contributed by atoms with Crippen molar-refractivity contribution in [2.24, 2.45) is 0 Å². The van der Waals surface area contributed by atoms with Crippen LogP contribution in [0.3, 0.4) is 0 Å². The number of hydrogen-bond donors (Lipinski definition) is 0. The number of nitrogens with zero attached hydrogens (tertiary/aromatic N) is 2. The molecule has 0 aliphatic heterocycles. The van der Waals surface area contributed by atoms with Crippen molar-refractivity contribution in [2.45, 2.75) is 6.92 Å². The summed E-state index contributed by atoms with van der Waals surface area (Å²) in [4.78, 5) is 15.2. The van der Waals surface area contributed by atoms with E-state index in [9.17, 15) is 10.1 Å². The molecule has 0 amide bonds. The van der Waals surface area contributed by atoms with E-state index in [2.05, 4.69) is 20.9 Å². The lowest BCUT2D eigenvalue weighted by Gasteiger charge is -2.07. The fraction of sp³-hybridized carbons (Fsp3) is 0.167. The van der Waals surface area contributed by atoms with Crippen LogP contribution in [0.2, 0.25) is 0 Å². The van der Waals surface area contributed by atoms with Gasteiger partial charge in [-0.15, -0.1) is 11.3 Å². The first kappa shape index (κ1) is 18.5. The molecule has 0 spiro atoms. The van der Waals surface area contributed by atoms with E-state index in [-0.39, 0.29) is 17.4 Å². The molecule has 3 rings (SSSR count). The molecular weight excluding hydrogens is 420 g/mol. The van der Waals surface area contributed by atoms with Gasteiger partial charge in [-0.1, -0.05) is 12.1 Å². The molecule has 0 fully saturated rings. The minimum absolute atomic E-state index is 0.118. The maximum absolute atomic E-state index is 11.1. The van der Waals surface area contributed by atoms with Crippen molar-refractivity contribution < 1.29 is 14.4 Å². The highest BCUT2D eigenvalue weighted by Crippen LogP contribution is 2.31. The quantitative estimate of drug-likeness (QED) is 0.293. The number of nitro groups is 1. The minimum Gasteiger partial charge on any atom is -0.466 e. The third-order valence-corrected chi connectivity index (χ3v) is 5.23. The van der Waals surface area contributed by atoms with Crippen LogP contribution >= 0.6 is 27.3 Å². The van der Waals surface area contributed by atoms with Crippen molar-refractivity contribution in [3.8, 4) is 5.75 Å². The van der Waals surface area contributed by atoms with Crippen LogP contribution in [-0.4, -0.2) is 23.8 Å². The van der Waals surface area contributed by atoms with Crippen LogP contribution in [0.5, 0.6) is 5.75 Å². The Kier molecular flexibility index (Phi) is 5.65. The van der Waals surface area contributed by atoms with Gasteiger partial charge in [0.1, 0.15) is 10.8 Å². The molecule has 1 aromatic heterocycles. The predicted octanol–water partition coefficient (Wildman–Crippen LogP) is 5.43. The van der Waals surface area contributed by atoms with E-state index in [0.717, 1.165) is 25.3 Å². The highest BCUT2D eigenvalue weighted by molar-refractivity contribution is 9.10. The number of fused-ring (bicyclic) bond motifs is 1. The Labute approximate surface area is 162 Å². The molecule has 0 bridgehead atoms. The molecule has 0 radical (unpaired) electrons. The van der Waals surface area contributed by atoms with Crippen LogP contribution in [0, 0.1) is 17.0 Å². The Morgan fingerprint density at radius 3 is 2.81 bits per heavy atom. The van der Waals surface area contributed by atoms with Crippen LogP contribution in [0.15, 0.2) is 34.8 Å². The molecule has 0 saturated heterocycles. The summed E-state index contributed by atoms with van der Waals surface area (Å²) in [5, 5.41) is 11.8. The van der Waals surface area contributed by atoms with Crippen LogP contribution in [0.1, 0.15) is 16.1 Å². The smallest absolute Gasteiger partial charge is 0.273 e. The second kappa shape index (κ2) is 7.94. The molecule has 3 aromatic rings. The zero-order valence-corrected chi connectivity index (χ0v) is 16.5. The average Bonchev–Trinajstić information content (AvgIpc) is 3.00. The lowest BCUT2D eigenvalue weighted by molar-refractivity contribution is -0.385. The number of ether oxygens (including phenoxy) is 2. The maximum atomic E-state index is 11.1. The summed E-state index contributed by atoms with van der Waals surface area (Å²) < 4.78 is 11.9. The van der Waals surface area contributed by atoms with Gasteiger partial charge in [0.05, 0.1) is 19.6 Å². The molecule has 0 unspecified atom stereocenters. The first-order chi connectivity index (χ1) is 12.5. The molecule has 0 aliphatic carbocycles. The first-order valence-electron chi connectivity index (χ1n) is 7.63. The SMILES string of the molecule is COCOc1ccc(/C=C/c2nc3cc(C)c([N+](=O)[O-])cc3s2)cc1Br. The van der Waals surface area contributed by atoms with Crippen LogP contribution in [-0.2, 0) is 4.74 Å². The maximum Gasteiger partial charge on any atom is 0.273 e. The van der Waals surface area contributed by atoms with Gasteiger partial charge < -0.3 is 9.47 Å². The van der Waals surface area contributed by atoms with E-state index in [1.54, 1.807) is 26.2 Å². The number of hydrogen-bond acceptors (Lipinski definition) is 6. The molecule has 6 nitrogen and oxygen atoms in total. The largest absolute Gasteiger partial charge is 0.466 e. The van der Waals surface area contributed by atoms with E-state index in [1.807, 2.05) is 30.4 Å². The van der Waals surface area contributed by atoms with E-state index >= 15 is 0 Å². The molecule has 0 aliphatic rings. The average molecular weight is 435 g/mol. The van der Waals surface area contributed by atoms with Gasteiger partial charge in [-0.3, -0.25) is 10.1 Å². The second-order valence-electron chi connectivity index (χ2n) is 5.49. The number of methoxy groups -OCH3 is 1. The summed E-state index contributed by atoms with van der Waals surface area (Å²) in [5.41, 5.74) is 2.47. The number of aryl methyl sites for hydroxylation is 1. The van der Waals surface area contributed by atoms with Crippen LogP contribution in [0.4, 0.5) is 5.69 Å². The summed E-state index contributed by atoms with van der Waals surface area (Å²) in [7, 11) is 1.57. The molecule has 0 saturated carbocycles. The van der Waals surface area contributed by atoms with E-state index in [0.29, 0.717) is 11.3 Å². The van der Waals surface area contributed by atoms with Crippen LogP contribution in [0.25, 0.3) is 22.4 Å². The zero-order valence-electron chi connectivity index (χ0n) is 14.1. The van der Waals surface area contributed by atoms with Gasteiger partial charge in [0.15, 0.2) is 6.79 Å². The summed E-state index contributed by atoms with van der Waals surface area (Å²) in [6.45, 7) is 1.90. The van der Waals surface area contributed by atoms with Crippen molar-refractivity contribution in [3.63, 3.8) is 0 Å². The fourth-order valence-electron chi connectivity index (χ4n) is 2.38. The third kappa shape index (κ3) is 4.09. The number of rotatable bonds is 6. The van der Waals surface area contributed by atoms with Crippen molar-refractivity contribution >= 4 is 55.3 Å². The number of benzene rings is 2. The second-order valence-corrected chi connectivity index (χ2v) is 7.41. The highest BCUT2D eigenvalue weighted by atomic mass is 79.9. The molecule has 0 N–H and O–H groups in total. The van der Waals surface area contributed by atoms with Crippen molar-refractivity contribution in [1.82, 2.24) is 4.98 Å². The van der Waals surface area contributed by atoms with Gasteiger partial charge in [0, 0.05) is 18.7 Å². The fourth-order valence-corrected chi connectivity index (χ4v) is 3.78. The van der Waals surface area contributed by atoms with Crippen LogP contribution < -0.4 is 4.74 Å². The van der Waals surface area contributed by atoms with Crippen molar-refractivity contribution in [2.75, 3.05) is 13.9 Å². The molecule has 26 heavy (non-hydrogen) atoms. The van der Waals surface area contributed by atoms with Gasteiger partial charge in [-0.2, -0.15) is 0 Å². The predicted molar refractivity (Wildman–Crippen MR) is 107 cm³/mol. The Morgan fingerprint density at radius 2 is 2.12 bits per heavy atom. The van der Waals surface area contributed by atoms with E-state index in [4.69, 9.17) is 9.47 Å². The molecule has 1 heterocycles. The normalized spacial score (nSPS) is 11.3. The van der Waals surface area contributed by atoms with Gasteiger partial charge in [0.2, 0.25) is 0 Å². The summed E-state index contributed by atoms with van der Waals surface area (Å²) in [6, 6.07) is 9.05. The molecule has 8 heteroatoms. The topological polar surface area (TPSA) is 74.5 Å². The Morgan fingerprint density at radius 1 is 1.31 bits per heavy atom. The zero-order chi connectivity index (χ0) is 18.7. The monoisotopic (exact) mass is 434 g/mol. The minimum atomic E-state index is -0.366. The van der Waals surface area contributed by atoms with Gasteiger partial charge >= 0.3 is 0 Å². The number of thiazole rings is 1. The molecular formula is C18H15BrN2O4S. The number of nitro benzene ring substituents is 1. The van der Waals surface area contributed by atoms with Gasteiger partial charge in [-0.25, -0.2) is 4.98 Å². The van der Waals surface area contributed by atoms with Crippen molar-refractivity contribution in [3.05, 3.63) is 61.1 Å². The standard InChI is InChI=1S/C18H15BrN2O4S/c1-11-7-14-17(9-15(11)21(22)23)26-18(20-14)6-4-12-3-5-16(13(19)8-12)25-10-24-2/h3-9H,10H2,1-2H3/b6-4+. The molecule has 0 atom stereocenters. The number of halogens is 1. The summed E-state index contributed by atoms with van der Waals surface area (Å²) in [6.07, 6.45) is 3.83. The first-order valence-corrected chi connectivity index (χ1v) is 9.24. The number of aromatic nitrogens is 1. The lowest BCUT2D eigenvalue weighted by atomic mass is 10.2. The third-order valence-electron chi connectivity index (χ3n) is 3.63.